The number of fused-ring (bicyclic) bond motifs is 2. The number of aryl methyl sites for hydroxylation is 1. The minimum Gasteiger partial charge on any atom is -0.459 e. The Morgan fingerprint density at radius 3 is 2.77 bits per heavy atom. The molecule has 0 saturated heterocycles. The van der Waals surface area contributed by atoms with E-state index in [0.29, 0.717) is 18.9 Å². The zero-order chi connectivity index (χ0) is 21.5. The number of aromatic nitrogens is 5. The lowest BCUT2D eigenvalue weighted by atomic mass is 10.2. The number of ether oxygens (including phenoxy) is 1. The molecule has 1 aliphatic heterocycles. The van der Waals surface area contributed by atoms with Crippen molar-refractivity contribution in [2.45, 2.75) is 52.1 Å². The van der Waals surface area contributed by atoms with Crippen molar-refractivity contribution in [2.24, 2.45) is 5.73 Å². The summed E-state index contributed by atoms with van der Waals surface area (Å²) in [7, 11) is 0. The van der Waals surface area contributed by atoms with Crippen molar-refractivity contribution in [1.29, 1.82) is 0 Å². The zero-order valence-electron chi connectivity index (χ0n) is 16.6. The minimum atomic E-state index is -4.53. The molecule has 1 atom stereocenters. The minimum absolute atomic E-state index is 0.115. The van der Waals surface area contributed by atoms with Crippen LogP contribution in [-0.4, -0.2) is 43.9 Å². The molecule has 0 amide bonds. The number of nitrogens with zero attached hydrogens (tertiary/aromatic N) is 6. The van der Waals surface area contributed by atoms with E-state index >= 15 is 0 Å². The number of thiophene rings is 1. The van der Waals surface area contributed by atoms with Crippen LogP contribution in [0.1, 0.15) is 36.8 Å². The Labute approximate surface area is 174 Å². The van der Waals surface area contributed by atoms with E-state index in [2.05, 4.69) is 33.2 Å². The van der Waals surface area contributed by atoms with Gasteiger partial charge >= 0.3 is 12.2 Å². The smallest absolute Gasteiger partial charge is 0.451 e. The van der Waals surface area contributed by atoms with Crippen molar-refractivity contribution in [3.63, 3.8) is 0 Å². The first-order chi connectivity index (χ1) is 14.3. The molecule has 0 spiro atoms. The fourth-order valence-electron chi connectivity index (χ4n) is 3.38. The number of anilines is 1. The number of halogens is 3. The summed E-state index contributed by atoms with van der Waals surface area (Å²) < 4.78 is 46.3. The Kier molecular flexibility index (Phi) is 5.53. The summed E-state index contributed by atoms with van der Waals surface area (Å²) in [4.78, 5) is 13.0. The van der Waals surface area contributed by atoms with Crippen LogP contribution in [-0.2, 0) is 25.7 Å². The predicted octanol–water partition coefficient (Wildman–Crippen LogP) is 3.00. The van der Waals surface area contributed by atoms with E-state index in [-0.39, 0.29) is 31.0 Å². The lowest BCUT2D eigenvalue weighted by Crippen LogP contribution is -2.36. The van der Waals surface area contributed by atoms with Crippen LogP contribution in [0.5, 0.6) is 6.01 Å². The summed E-state index contributed by atoms with van der Waals surface area (Å²) in [6, 6.07) is 2.26. The second-order valence-corrected chi connectivity index (χ2v) is 8.30. The Morgan fingerprint density at radius 1 is 1.27 bits per heavy atom. The quantitative estimate of drug-likeness (QED) is 0.628. The maximum Gasteiger partial charge on any atom is 0.451 e. The van der Waals surface area contributed by atoms with Crippen molar-refractivity contribution < 1.29 is 17.9 Å². The summed E-state index contributed by atoms with van der Waals surface area (Å²) in [6.45, 7) is 4.86. The monoisotopic (exact) mass is 441 g/mol. The summed E-state index contributed by atoms with van der Waals surface area (Å²) in [5, 5.41) is 7.97. The molecule has 3 aromatic rings. The summed E-state index contributed by atoms with van der Waals surface area (Å²) in [5.41, 5.74) is 5.65. The van der Waals surface area contributed by atoms with Crippen LogP contribution in [0.25, 0.3) is 10.2 Å². The highest BCUT2D eigenvalue weighted by atomic mass is 32.1. The third kappa shape index (κ3) is 3.93. The standard InChI is InChI=1S/C18H22F3N7OS/c1-3-4-11-7-12-14(23-17(24-15(12)30-11)29-10(2)8-22)27-5-6-28-13(9-27)25-26-16(28)18(19,20)21/h7,10H,3-6,8-9,22H2,1-2H3. The van der Waals surface area contributed by atoms with Gasteiger partial charge in [-0.25, -0.2) is 0 Å². The van der Waals surface area contributed by atoms with Crippen molar-refractivity contribution >= 4 is 27.4 Å². The van der Waals surface area contributed by atoms with Crippen LogP contribution in [0.15, 0.2) is 6.07 Å². The molecule has 2 N–H and O–H groups in total. The Hall–Kier alpha value is -2.47. The maximum atomic E-state index is 13.1. The molecule has 0 bridgehead atoms. The highest BCUT2D eigenvalue weighted by Gasteiger charge is 2.39. The van der Waals surface area contributed by atoms with Crippen molar-refractivity contribution in [3.8, 4) is 6.01 Å². The zero-order valence-corrected chi connectivity index (χ0v) is 17.4. The van der Waals surface area contributed by atoms with Gasteiger partial charge in [0.25, 0.3) is 0 Å². The van der Waals surface area contributed by atoms with Crippen LogP contribution < -0.4 is 15.4 Å². The topological polar surface area (TPSA) is 95.0 Å². The second-order valence-electron chi connectivity index (χ2n) is 7.19. The van der Waals surface area contributed by atoms with E-state index < -0.39 is 12.0 Å². The number of hydrogen-bond acceptors (Lipinski definition) is 8. The fraction of sp³-hybridized carbons (Fsp3) is 0.556. The van der Waals surface area contributed by atoms with Gasteiger partial charge in [-0.3, -0.25) is 0 Å². The predicted molar refractivity (Wildman–Crippen MR) is 107 cm³/mol. The highest BCUT2D eigenvalue weighted by Crippen LogP contribution is 2.36. The van der Waals surface area contributed by atoms with E-state index in [9.17, 15) is 13.2 Å². The largest absolute Gasteiger partial charge is 0.459 e. The van der Waals surface area contributed by atoms with Gasteiger partial charge in [-0.05, 0) is 19.4 Å². The van der Waals surface area contributed by atoms with Gasteiger partial charge in [-0.2, -0.15) is 23.1 Å². The Balaban J connectivity index is 1.72. The SMILES string of the molecule is CCCc1cc2c(N3CCn4c(nnc4C(F)(F)F)C3)nc(OC(C)CN)nc2s1. The normalized spacial score (nSPS) is 15.5. The van der Waals surface area contributed by atoms with Gasteiger partial charge in [0.1, 0.15) is 16.8 Å². The molecule has 162 valence electrons. The van der Waals surface area contributed by atoms with Crippen LogP contribution in [0.3, 0.4) is 0 Å². The molecule has 0 radical (unpaired) electrons. The molecule has 0 aromatic carbocycles. The lowest BCUT2D eigenvalue weighted by molar-refractivity contribution is -0.147. The molecule has 30 heavy (non-hydrogen) atoms. The molecule has 0 fully saturated rings. The van der Waals surface area contributed by atoms with Gasteiger partial charge in [0.2, 0.25) is 5.82 Å². The Morgan fingerprint density at radius 2 is 2.07 bits per heavy atom. The molecule has 0 saturated carbocycles. The van der Waals surface area contributed by atoms with Crippen LogP contribution >= 0.6 is 11.3 Å². The van der Waals surface area contributed by atoms with Crippen LogP contribution in [0.4, 0.5) is 19.0 Å². The number of nitrogens with two attached hydrogens (primary N) is 1. The summed E-state index contributed by atoms with van der Waals surface area (Å²) in [5.74, 6) is -0.0886. The highest BCUT2D eigenvalue weighted by molar-refractivity contribution is 7.18. The third-order valence-electron chi connectivity index (χ3n) is 4.84. The summed E-state index contributed by atoms with van der Waals surface area (Å²) >= 11 is 1.57. The van der Waals surface area contributed by atoms with Crippen LogP contribution in [0, 0.1) is 0 Å². The van der Waals surface area contributed by atoms with E-state index in [1.165, 1.54) is 4.88 Å². The van der Waals surface area contributed by atoms with E-state index in [4.69, 9.17) is 10.5 Å². The molecular formula is C18H22F3N7OS. The molecule has 8 nitrogen and oxygen atoms in total. The van der Waals surface area contributed by atoms with E-state index in [0.717, 1.165) is 27.6 Å². The van der Waals surface area contributed by atoms with Crippen LogP contribution in [0.2, 0.25) is 0 Å². The number of alkyl halides is 3. The Bertz CT molecular complexity index is 1050. The van der Waals surface area contributed by atoms with Gasteiger partial charge in [0.05, 0.1) is 11.9 Å². The summed E-state index contributed by atoms with van der Waals surface area (Å²) in [6.07, 6.45) is -2.88. The average Bonchev–Trinajstić information content (AvgIpc) is 3.30. The molecule has 4 heterocycles. The molecule has 4 rings (SSSR count). The number of rotatable bonds is 6. The van der Waals surface area contributed by atoms with Gasteiger partial charge in [-0.1, -0.05) is 13.3 Å². The van der Waals surface area contributed by atoms with Gasteiger partial charge in [-0.15, -0.1) is 21.5 Å². The van der Waals surface area contributed by atoms with Crippen molar-refractivity contribution in [3.05, 3.63) is 22.6 Å². The average molecular weight is 441 g/mol. The second kappa shape index (κ2) is 7.99. The first-order valence-electron chi connectivity index (χ1n) is 9.71. The fourth-order valence-corrected chi connectivity index (χ4v) is 4.49. The molecule has 0 aliphatic carbocycles. The van der Waals surface area contributed by atoms with E-state index in [1.807, 2.05) is 11.8 Å². The first-order valence-corrected chi connectivity index (χ1v) is 10.5. The molecule has 12 heteroatoms. The number of hydrogen-bond donors (Lipinski definition) is 1. The van der Waals surface area contributed by atoms with Crippen molar-refractivity contribution in [2.75, 3.05) is 18.0 Å². The van der Waals surface area contributed by atoms with Crippen molar-refractivity contribution in [1.82, 2.24) is 24.7 Å². The van der Waals surface area contributed by atoms with Gasteiger partial charge in [0.15, 0.2) is 5.82 Å². The molecular weight excluding hydrogens is 419 g/mol. The van der Waals surface area contributed by atoms with Gasteiger partial charge in [0, 0.05) is 24.5 Å². The molecule has 3 aromatic heterocycles. The van der Waals surface area contributed by atoms with E-state index in [1.54, 1.807) is 11.3 Å². The first kappa shape index (κ1) is 20.8. The molecule has 1 unspecified atom stereocenters. The maximum absolute atomic E-state index is 13.1. The lowest BCUT2D eigenvalue weighted by Gasteiger charge is -2.29. The van der Waals surface area contributed by atoms with Gasteiger partial charge < -0.3 is 19.9 Å². The molecule has 1 aliphatic rings. The third-order valence-corrected chi connectivity index (χ3v) is 5.93.